The molecule has 5 heteroatoms. The molecular weight excluding hydrogens is 349 g/mol. The van der Waals surface area contributed by atoms with Crippen LogP contribution < -0.4 is 0 Å². The van der Waals surface area contributed by atoms with Crippen LogP contribution in [0, 0.1) is 0 Å². The second kappa shape index (κ2) is 4.75. The van der Waals surface area contributed by atoms with Gasteiger partial charge in [0.1, 0.15) is 5.75 Å². The van der Waals surface area contributed by atoms with Crippen LogP contribution in [0.4, 0.5) is 0 Å². The average molecular weight is 357 g/mol. The molecule has 0 atom stereocenters. The van der Waals surface area contributed by atoms with E-state index in [9.17, 15) is 5.11 Å². The molecule has 96 valence electrons. The summed E-state index contributed by atoms with van der Waals surface area (Å²) >= 11 is 15.6. The van der Waals surface area contributed by atoms with Crippen molar-refractivity contribution in [3.05, 3.63) is 50.9 Å². The lowest BCUT2D eigenvalue weighted by atomic mass is 10.1. The highest BCUT2D eigenvalue weighted by Gasteiger charge is 2.14. The molecule has 3 aromatic rings. The first-order valence-corrected chi connectivity index (χ1v) is 7.07. The zero-order valence-electron chi connectivity index (χ0n) is 9.55. The second-order valence-corrected chi connectivity index (χ2v) is 5.90. The van der Waals surface area contributed by atoms with Crippen molar-refractivity contribution in [1.29, 1.82) is 0 Å². The summed E-state index contributed by atoms with van der Waals surface area (Å²) in [5.41, 5.74) is 2.22. The van der Waals surface area contributed by atoms with Crippen LogP contribution in [-0.2, 0) is 0 Å². The molecule has 0 radical (unpaired) electrons. The van der Waals surface area contributed by atoms with Crippen molar-refractivity contribution in [3.8, 4) is 17.0 Å². The Hall–Kier alpha value is -1.16. The van der Waals surface area contributed by atoms with Gasteiger partial charge in [-0.15, -0.1) is 0 Å². The number of hydrogen-bond acceptors (Lipinski definition) is 1. The van der Waals surface area contributed by atoms with Gasteiger partial charge in [0.05, 0.1) is 10.7 Å². The fraction of sp³-hybridized carbons (Fsp3) is 0. The van der Waals surface area contributed by atoms with Crippen molar-refractivity contribution in [2.24, 2.45) is 0 Å². The number of aromatic nitrogens is 1. The molecule has 0 saturated carbocycles. The van der Waals surface area contributed by atoms with E-state index in [2.05, 4.69) is 20.9 Å². The van der Waals surface area contributed by atoms with E-state index < -0.39 is 0 Å². The molecule has 0 amide bonds. The minimum Gasteiger partial charge on any atom is -0.507 e. The Balaban J connectivity index is 2.28. The zero-order chi connectivity index (χ0) is 13.6. The number of benzene rings is 2. The summed E-state index contributed by atoms with van der Waals surface area (Å²) in [6.07, 6.45) is 0. The van der Waals surface area contributed by atoms with E-state index in [1.165, 1.54) is 0 Å². The molecule has 2 aromatic carbocycles. The first-order valence-electron chi connectivity index (χ1n) is 5.52. The van der Waals surface area contributed by atoms with E-state index in [-0.39, 0.29) is 5.75 Å². The van der Waals surface area contributed by atoms with E-state index in [0.29, 0.717) is 21.3 Å². The lowest BCUT2D eigenvalue weighted by molar-refractivity contribution is 0.477. The van der Waals surface area contributed by atoms with Gasteiger partial charge in [0.25, 0.3) is 0 Å². The summed E-state index contributed by atoms with van der Waals surface area (Å²) in [6, 6.07) is 10.7. The van der Waals surface area contributed by atoms with Gasteiger partial charge in [-0.1, -0.05) is 39.1 Å². The molecule has 0 aliphatic carbocycles. The van der Waals surface area contributed by atoms with Gasteiger partial charge in [-0.3, -0.25) is 0 Å². The molecule has 0 spiro atoms. The molecule has 2 N–H and O–H groups in total. The number of fused-ring (bicyclic) bond motifs is 1. The quantitative estimate of drug-likeness (QED) is 0.584. The molecule has 1 aromatic heterocycles. The highest BCUT2D eigenvalue weighted by atomic mass is 79.9. The minimum absolute atomic E-state index is 0.161. The van der Waals surface area contributed by atoms with Crippen LogP contribution in [0.1, 0.15) is 0 Å². The summed E-state index contributed by atoms with van der Waals surface area (Å²) in [6.45, 7) is 0. The third-order valence-electron chi connectivity index (χ3n) is 2.93. The minimum atomic E-state index is 0.161. The molecular formula is C14H8BrCl2NO. The van der Waals surface area contributed by atoms with Gasteiger partial charge in [-0.2, -0.15) is 0 Å². The highest BCUT2D eigenvalue weighted by molar-refractivity contribution is 9.10. The Labute approximate surface area is 128 Å². The second-order valence-electron chi connectivity index (χ2n) is 4.17. The number of rotatable bonds is 1. The van der Waals surface area contributed by atoms with Crippen molar-refractivity contribution in [2.45, 2.75) is 0 Å². The molecule has 19 heavy (non-hydrogen) atoms. The van der Waals surface area contributed by atoms with Crippen LogP contribution in [0.2, 0.25) is 10.0 Å². The van der Waals surface area contributed by atoms with E-state index in [1.54, 1.807) is 24.3 Å². The number of phenolic OH excluding ortho intramolecular Hbond substituents is 1. The number of H-pyrrole nitrogens is 1. The van der Waals surface area contributed by atoms with E-state index in [1.807, 2.05) is 12.1 Å². The van der Waals surface area contributed by atoms with Gasteiger partial charge in [-0.25, -0.2) is 0 Å². The number of nitrogens with one attached hydrogen (secondary N) is 1. The van der Waals surface area contributed by atoms with Crippen LogP contribution in [0.5, 0.6) is 5.75 Å². The third-order valence-corrected chi connectivity index (χ3v) is 4.05. The maximum absolute atomic E-state index is 10.0. The van der Waals surface area contributed by atoms with Gasteiger partial charge in [0.15, 0.2) is 0 Å². The molecule has 0 saturated heterocycles. The number of aromatic amines is 1. The zero-order valence-corrected chi connectivity index (χ0v) is 12.6. The van der Waals surface area contributed by atoms with E-state index >= 15 is 0 Å². The lowest BCUT2D eigenvalue weighted by Crippen LogP contribution is -1.80. The summed E-state index contributed by atoms with van der Waals surface area (Å²) < 4.78 is 0.809. The van der Waals surface area contributed by atoms with Gasteiger partial charge in [0, 0.05) is 26.0 Å². The summed E-state index contributed by atoms with van der Waals surface area (Å²) in [5.74, 6) is 0.161. The van der Waals surface area contributed by atoms with Crippen LogP contribution in [-0.4, -0.2) is 10.1 Å². The smallest absolute Gasteiger partial charge is 0.126 e. The van der Waals surface area contributed by atoms with E-state index in [4.69, 9.17) is 23.2 Å². The maximum Gasteiger partial charge on any atom is 0.126 e. The third kappa shape index (κ3) is 2.22. The maximum atomic E-state index is 10.0. The monoisotopic (exact) mass is 355 g/mol. The summed E-state index contributed by atoms with van der Waals surface area (Å²) in [4.78, 5) is 3.20. The van der Waals surface area contributed by atoms with Crippen molar-refractivity contribution in [3.63, 3.8) is 0 Å². The van der Waals surface area contributed by atoms with Crippen molar-refractivity contribution >= 4 is 50.0 Å². The molecule has 0 fully saturated rings. The Morgan fingerprint density at radius 2 is 1.84 bits per heavy atom. The van der Waals surface area contributed by atoms with Gasteiger partial charge >= 0.3 is 0 Å². The van der Waals surface area contributed by atoms with Gasteiger partial charge < -0.3 is 10.1 Å². The van der Waals surface area contributed by atoms with Crippen LogP contribution in [0.15, 0.2) is 40.9 Å². The molecule has 0 aliphatic rings. The predicted octanol–water partition coefficient (Wildman–Crippen LogP) is 5.61. The SMILES string of the molecule is Oc1cc(Br)ccc1-c1[nH]c2ccc(Cl)cc2c1Cl. The Morgan fingerprint density at radius 1 is 1.05 bits per heavy atom. The Kier molecular flexibility index (Phi) is 3.21. The normalized spacial score (nSPS) is 11.1. The van der Waals surface area contributed by atoms with Crippen molar-refractivity contribution in [2.75, 3.05) is 0 Å². The molecule has 0 unspecified atom stereocenters. The lowest BCUT2D eigenvalue weighted by Gasteiger charge is -2.03. The first kappa shape index (κ1) is 12.9. The molecule has 1 heterocycles. The first-order chi connectivity index (χ1) is 9.06. The average Bonchev–Trinajstić information content (AvgIpc) is 2.67. The van der Waals surface area contributed by atoms with Crippen LogP contribution in [0.25, 0.3) is 22.2 Å². The standard InChI is InChI=1S/C14H8BrCl2NO/c15-7-1-3-9(12(19)5-7)14-13(17)10-6-8(16)2-4-11(10)18-14/h1-6,18-19H. The summed E-state index contributed by atoms with van der Waals surface area (Å²) in [7, 11) is 0. The largest absolute Gasteiger partial charge is 0.507 e. The number of hydrogen-bond donors (Lipinski definition) is 2. The Bertz CT molecular complexity index is 782. The number of aromatic hydroxyl groups is 1. The molecule has 0 bridgehead atoms. The summed E-state index contributed by atoms with van der Waals surface area (Å²) in [5, 5.41) is 12.0. The fourth-order valence-electron chi connectivity index (χ4n) is 2.03. The van der Waals surface area contributed by atoms with Crippen LogP contribution >= 0.6 is 39.1 Å². The number of phenols is 1. The number of halogens is 3. The molecule has 3 rings (SSSR count). The Morgan fingerprint density at radius 3 is 2.58 bits per heavy atom. The fourth-order valence-corrected chi connectivity index (χ4v) is 2.86. The van der Waals surface area contributed by atoms with Gasteiger partial charge in [-0.05, 0) is 36.4 Å². The van der Waals surface area contributed by atoms with Crippen molar-refractivity contribution in [1.82, 2.24) is 4.98 Å². The molecule has 0 aliphatic heterocycles. The van der Waals surface area contributed by atoms with Crippen LogP contribution in [0.3, 0.4) is 0 Å². The van der Waals surface area contributed by atoms with E-state index in [0.717, 1.165) is 15.4 Å². The molecule has 2 nitrogen and oxygen atoms in total. The van der Waals surface area contributed by atoms with Crippen molar-refractivity contribution < 1.29 is 5.11 Å². The topological polar surface area (TPSA) is 36.0 Å². The highest BCUT2D eigenvalue weighted by Crippen LogP contribution is 2.39. The van der Waals surface area contributed by atoms with Gasteiger partial charge in [0.2, 0.25) is 0 Å². The predicted molar refractivity (Wildman–Crippen MR) is 83.1 cm³/mol.